The third-order valence-corrected chi connectivity index (χ3v) is 3.93. The summed E-state index contributed by atoms with van der Waals surface area (Å²) in [6, 6.07) is 10.8. The summed E-state index contributed by atoms with van der Waals surface area (Å²) in [5.41, 5.74) is 2.52. The Morgan fingerprint density at radius 2 is 1.86 bits per heavy atom. The summed E-state index contributed by atoms with van der Waals surface area (Å²) in [6.07, 6.45) is 1.62. The highest BCUT2D eigenvalue weighted by Crippen LogP contribution is 2.21. The standard InChI is InChI=1S/C17H22N4O/c1-13-3-5-15(6-4-13)14(2)20-16-11-17(19-12-18-16)21-7-9-22-10-8-21/h3-6,11-12,14H,7-10H2,1-2H3,(H,18,19,20). The highest BCUT2D eigenvalue weighted by atomic mass is 16.5. The number of aromatic nitrogens is 2. The van der Waals surface area contributed by atoms with E-state index in [-0.39, 0.29) is 6.04 Å². The Kier molecular flexibility index (Phi) is 4.53. The average Bonchev–Trinajstić information content (AvgIpc) is 2.56. The quantitative estimate of drug-likeness (QED) is 0.940. The number of nitrogens with zero attached hydrogens (tertiary/aromatic N) is 3. The summed E-state index contributed by atoms with van der Waals surface area (Å²) >= 11 is 0. The van der Waals surface area contributed by atoms with Crippen LogP contribution in [-0.4, -0.2) is 36.3 Å². The minimum atomic E-state index is 0.202. The number of rotatable bonds is 4. The molecule has 1 fully saturated rings. The average molecular weight is 298 g/mol. The molecule has 0 amide bonds. The molecule has 1 aromatic heterocycles. The first-order valence-corrected chi connectivity index (χ1v) is 7.70. The molecular weight excluding hydrogens is 276 g/mol. The third-order valence-electron chi connectivity index (χ3n) is 3.93. The number of anilines is 2. The van der Waals surface area contributed by atoms with Crippen LogP contribution >= 0.6 is 0 Å². The van der Waals surface area contributed by atoms with Crippen molar-refractivity contribution in [1.82, 2.24) is 9.97 Å². The van der Waals surface area contributed by atoms with Crippen molar-refractivity contribution in [2.45, 2.75) is 19.9 Å². The first-order chi connectivity index (χ1) is 10.7. The fraction of sp³-hybridized carbons (Fsp3) is 0.412. The van der Waals surface area contributed by atoms with Crippen molar-refractivity contribution in [1.29, 1.82) is 0 Å². The van der Waals surface area contributed by atoms with E-state index in [0.29, 0.717) is 0 Å². The van der Waals surface area contributed by atoms with Crippen LogP contribution in [0, 0.1) is 6.92 Å². The first-order valence-electron chi connectivity index (χ1n) is 7.70. The lowest BCUT2D eigenvalue weighted by Crippen LogP contribution is -2.36. The maximum Gasteiger partial charge on any atom is 0.134 e. The van der Waals surface area contributed by atoms with Gasteiger partial charge >= 0.3 is 0 Å². The van der Waals surface area contributed by atoms with E-state index in [4.69, 9.17) is 4.74 Å². The number of nitrogens with one attached hydrogen (secondary N) is 1. The molecule has 1 aromatic carbocycles. The summed E-state index contributed by atoms with van der Waals surface area (Å²) < 4.78 is 5.38. The highest BCUT2D eigenvalue weighted by Gasteiger charge is 2.14. The van der Waals surface area contributed by atoms with E-state index >= 15 is 0 Å². The highest BCUT2D eigenvalue weighted by molar-refractivity contribution is 5.49. The van der Waals surface area contributed by atoms with Gasteiger partial charge in [0.25, 0.3) is 0 Å². The van der Waals surface area contributed by atoms with Gasteiger partial charge in [0.1, 0.15) is 18.0 Å². The number of benzene rings is 1. The van der Waals surface area contributed by atoms with Crippen molar-refractivity contribution in [3.05, 3.63) is 47.8 Å². The maximum absolute atomic E-state index is 5.38. The summed E-state index contributed by atoms with van der Waals surface area (Å²) in [5, 5.41) is 3.45. The van der Waals surface area contributed by atoms with Crippen LogP contribution in [0.4, 0.5) is 11.6 Å². The summed E-state index contributed by atoms with van der Waals surface area (Å²) in [5.74, 6) is 1.81. The van der Waals surface area contributed by atoms with Gasteiger partial charge in [-0.3, -0.25) is 0 Å². The second-order valence-electron chi connectivity index (χ2n) is 5.64. The lowest BCUT2D eigenvalue weighted by molar-refractivity contribution is 0.122. The fourth-order valence-corrected chi connectivity index (χ4v) is 2.55. The van der Waals surface area contributed by atoms with Crippen LogP contribution in [0.5, 0.6) is 0 Å². The van der Waals surface area contributed by atoms with Crippen LogP contribution in [-0.2, 0) is 4.74 Å². The fourth-order valence-electron chi connectivity index (χ4n) is 2.55. The first kappa shape index (κ1) is 14.8. The predicted molar refractivity (Wildman–Crippen MR) is 88.3 cm³/mol. The van der Waals surface area contributed by atoms with Crippen molar-refractivity contribution in [3.63, 3.8) is 0 Å². The van der Waals surface area contributed by atoms with Gasteiger partial charge in [-0.15, -0.1) is 0 Å². The Labute approximate surface area is 131 Å². The van der Waals surface area contributed by atoms with Crippen molar-refractivity contribution in [2.75, 3.05) is 36.5 Å². The number of hydrogen-bond acceptors (Lipinski definition) is 5. The van der Waals surface area contributed by atoms with E-state index in [1.807, 2.05) is 6.07 Å². The Bertz CT molecular complexity index is 608. The summed E-state index contributed by atoms with van der Waals surface area (Å²) in [4.78, 5) is 10.9. The lowest BCUT2D eigenvalue weighted by Gasteiger charge is -2.28. The molecule has 1 N–H and O–H groups in total. The predicted octanol–water partition coefficient (Wildman–Crippen LogP) is 2.79. The molecule has 2 aromatic rings. The van der Waals surface area contributed by atoms with Crippen LogP contribution in [0.3, 0.4) is 0 Å². The van der Waals surface area contributed by atoms with Gasteiger partial charge in [-0.1, -0.05) is 29.8 Å². The van der Waals surface area contributed by atoms with E-state index in [9.17, 15) is 0 Å². The van der Waals surface area contributed by atoms with Gasteiger partial charge in [-0.05, 0) is 19.4 Å². The van der Waals surface area contributed by atoms with Gasteiger partial charge in [-0.25, -0.2) is 9.97 Å². The molecule has 0 saturated carbocycles. The molecule has 22 heavy (non-hydrogen) atoms. The maximum atomic E-state index is 5.38. The third kappa shape index (κ3) is 3.54. The molecule has 2 heterocycles. The van der Waals surface area contributed by atoms with Crippen molar-refractivity contribution < 1.29 is 4.74 Å². The molecule has 0 spiro atoms. The van der Waals surface area contributed by atoms with Crippen LogP contribution in [0.15, 0.2) is 36.7 Å². The number of ether oxygens (including phenoxy) is 1. The molecule has 0 bridgehead atoms. The van der Waals surface area contributed by atoms with Gasteiger partial charge in [0.15, 0.2) is 0 Å². The SMILES string of the molecule is Cc1ccc(C(C)Nc2cc(N3CCOCC3)ncn2)cc1. The topological polar surface area (TPSA) is 50.3 Å². The second-order valence-corrected chi connectivity index (χ2v) is 5.64. The molecular formula is C17H22N4O. The van der Waals surface area contributed by atoms with Crippen molar-refractivity contribution >= 4 is 11.6 Å². The monoisotopic (exact) mass is 298 g/mol. The van der Waals surface area contributed by atoms with Gasteiger partial charge < -0.3 is 15.0 Å². The zero-order valence-electron chi connectivity index (χ0n) is 13.1. The van der Waals surface area contributed by atoms with E-state index in [1.165, 1.54) is 11.1 Å². The van der Waals surface area contributed by atoms with E-state index < -0.39 is 0 Å². The number of aryl methyl sites for hydroxylation is 1. The Morgan fingerprint density at radius 1 is 1.14 bits per heavy atom. The molecule has 0 radical (unpaired) electrons. The normalized spacial score (nSPS) is 16.4. The molecule has 5 heteroatoms. The van der Waals surface area contributed by atoms with Crippen molar-refractivity contribution in [2.24, 2.45) is 0 Å². The van der Waals surface area contributed by atoms with Crippen LogP contribution in [0.25, 0.3) is 0 Å². The summed E-state index contributed by atoms with van der Waals surface area (Å²) in [6.45, 7) is 7.51. The van der Waals surface area contributed by atoms with Crippen LogP contribution in [0.1, 0.15) is 24.1 Å². The van der Waals surface area contributed by atoms with Crippen molar-refractivity contribution in [3.8, 4) is 0 Å². The Hall–Kier alpha value is -2.14. The number of morpholine rings is 1. The molecule has 5 nitrogen and oxygen atoms in total. The van der Waals surface area contributed by atoms with Crippen LogP contribution < -0.4 is 10.2 Å². The largest absolute Gasteiger partial charge is 0.378 e. The van der Waals surface area contributed by atoms with E-state index in [2.05, 4.69) is 58.3 Å². The van der Waals surface area contributed by atoms with E-state index in [0.717, 1.165) is 37.9 Å². The van der Waals surface area contributed by atoms with E-state index in [1.54, 1.807) is 6.33 Å². The zero-order valence-corrected chi connectivity index (χ0v) is 13.1. The molecule has 1 aliphatic heterocycles. The minimum absolute atomic E-state index is 0.202. The minimum Gasteiger partial charge on any atom is -0.378 e. The summed E-state index contributed by atoms with van der Waals surface area (Å²) in [7, 11) is 0. The lowest BCUT2D eigenvalue weighted by atomic mass is 10.1. The van der Waals surface area contributed by atoms with Gasteiger partial charge in [0, 0.05) is 25.2 Å². The second kappa shape index (κ2) is 6.75. The van der Waals surface area contributed by atoms with Gasteiger partial charge in [-0.2, -0.15) is 0 Å². The smallest absolute Gasteiger partial charge is 0.134 e. The Balaban J connectivity index is 1.70. The molecule has 3 rings (SSSR count). The molecule has 0 aliphatic carbocycles. The van der Waals surface area contributed by atoms with Crippen LogP contribution in [0.2, 0.25) is 0 Å². The number of hydrogen-bond donors (Lipinski definition) is 1. The molecule has 116 valence electrons. The molecule has 1 unspecified atom stereocenters. The molecule has 1 saturated heterocycles. The zero-order chi connectivity index (χ0) is 15.4. The van der Waals surface area contributed by atoms with Gasteiger partial charge in [0.2, 0.25) is 0 Å². The Morgan fingerprint density at radius 3 is 2.59 bits per heavy atom. The molecule has 1 atom stereocenters. The van der Waals surface area contributed by atoms with Gasteiger partial charge in [0.05, 0.1) is 13.2 Å². The molecule has 1 aliphatic rings.